The third kappa shape index (κ3) is 6.52. The first-order chi connectivity index (χ1) is 18.9. The first-order valence-corrected chi connectivity index (χ1v) is 13.9. The fourth-order valence-electron chi connectivity index (χ4n) is 4.77. The molecule has 1 aromatic carbocycles. The molecule has 2 aromatic rings. The summed E-state index contributed by atoms with van der Waals surface area (Å²) < 4.78 is 6.01. The van der Waals surface area contributed by atoms with Crippen molar-refractivity contribution in [1.82, 2.24) is 31.4 Å². The van der Waals surface area contributed by atoms with Gasteiger partial charge in [0.1, 0.15) is 30.5 Å². The summed E-state index contributed by atoms with van der Waals surface area (Å²) >= 11 is 0. The number of hydrogen-bond acceptors (Lipinski definition) is 7. The SMILES string of the molecule is CC1NC(=O)C(C(C)C)NC(=O)C(C)(C)COc2ccc3ccc(nc3c2)C(C)NC(=O)C2CCCN(N2)C1=O. The molecule has 2 aliphatic heterocycles. The van der Waals surface area contributed by atoms with E-state index in [1.54, 1.807) is 20.8 Å². The molecule has 40 heavy (non-hydrogen) atoms. The fraction of sp³-hybridized carbons (Fsp3) is 0.552. The van der Waals surface area contributed by atoms with E-state index in [4.69, 9.17) is 9.72 Å². The topological polar surface area (TPSA) is 142 Å². The zero-order valence-electron chi connectivity index (χ0n) is 24.0. The van der Waals surface area contributed by atoms with Crippen LogP contribution in [0.4, 0.5) is 0 Å². The van der Waals surface area contributed by atoms with Crippen molar-refractivity contribution in [3.8, 4) is 5.75 Å². The molecule has 2 aliphatic rings. The number of benzene rings is 1. The van der Waals surface area contributed by atoms with Crippen molar-refractivity contribution in [1.29, 1.82) is 0 Å². The molecule has 0 radical (unpaired) electrons. The van der Waals surface area contributed by atoms with Crippen molar-refractivity contribution in [3.63, 3.8) is 0 Å². The van der Waals surface area contributed by atoms with E-state index in [1.807, 2.05) is 51.1 Å². The van der Waals surface area contributed by atoms with Crippen LogP contribution in [0.15, 0.2) is 30.3 Å². The lowest BCUT2D eigenvalue weighted by Gasteiger charge is -2.35. The zero-order chi connectivity index (χ0) is 29.2. The molecule has 4 rings (SSSR count). The average molecular weight is 553 g/mol. The summed E-state index contributed by atoms with van der Waals surface area (Å²) in [4.78, 5) is 57.6. The van der Waals surface area contributed by atoms with Crippen molar-refractivity contribution >= 4 is 34.5 Å². The second kappa shape index (κ2) is 11.8. The van der Waals surface area contributed by atoms with Gasteiger partial charge in [-0.3, -0.25) is 29.2 Å². The van der Waals surface area contributed by atoms with Gasteiger partial charge in [0.25, 0.3) is 5.91 Å². The van der Waals surface area contributed by atoms with E-state index in [1.165, 1.54) is 5.01 Å². The molecular formula is C29H40N6O5. The Bertz CT molecular complexity index is 1290. The molecule has 4 N–H and O–H groups in total. The molecule has 0 spiro atoms. The maximum absolute atomic E-state index is 13.3. The van der Waals surface area contributed by atoms with Crippen LogP contribution >= 0.6 is 0 Å². The van der Waals surface area contributed by atoms with Crippen molar-refractivity contribution in [3.05, 3.63) is 36.0 Å². The van der Waals surface area contributed by atoms with Gasteiger partial charge in [-0.15, -0.1) is 0 Å². The number of carbonyl (C=O) groups excluding carboxylic acids is 4. The number of amides is 4. The minimum atomic E-state index is -0.955. The summed E-state index contributed by atoms with van der Waals surface area (Å²) in [6.45, 7) is 11.1. The van der Waals surface area contributed by atoms with Gasteiger partial charge in [-0.2, -0.15) is 0 Å². The standard InChI is InChI=1S/C29H40N6O5/c1-16(2)24-26(37)31-18(4)27(38)35-13-7-8-22(34-35)25(36)30-17(3)21-12-10-19-9-11-20(14-23(19)32-21)40-15-29(5,6)28(39)33-24/h9-12,14,16-18,22,24,34H,7-8,13,15H2,1-6H3,(H,30,36)(H,31,37)(H,33,39). The van der Waals surface area contributed by atoms with Crippen LogP contribution in [-0.4, -0.2) is 64.9 Å². The van der Waals surface area contributed by atoms with E-state index in [0.29, 0.717) is 36.3 Å². The smallest absolute Gasteiger partial charge is 0.258 e. The summed E-state index contributed by atoms with van der Waals surface area (Å²) in [5, 5.41) is 10.9. The molecule has 3 heterocycles. The first-order valence-electron chi connectivity index (χ1n) is 13.9. The quantitative estimate of drug-likeness (QED) is 0.424. The fourth-order valence-corrected chi connectivity index (χ4v) is 4.77. The maximum atomic E-state index is 13.3. The van der Waals surface area contributed by atoms with Crippen molar-refractivity contribution in [2.24, 2.45) is 11.3 Å². The van der Waals surface area contributed by atoms with Gasteiger partial charge in [0.15, 0.2) is 0 Å². The number of fused-ring (bicyclic) bond motifs is 4. The molecule has 0 saturated carbocycles. The Balaban J connectivity index is 1.66. The molecule has 1 saturated heterocycles. The maximum Gasteiger partial charge on any atom is 0.258 e. The molecule has 5 bridgehead atoms. The Morgan fingerprint density at radius 3 is 2.40 bits per heavy atom. The Morgan fingerprint density at radius 1 is 0.975 bits per heavy atom. The monoisotopic (exact) mass is 552 g/mol. The van der Waals surface area contributed by atoms with E-state index in [0.717, 1.165) is 5.39 Å². The Morgan fingerprint density at radius 2 is 1.68 bits per heavy atom. The van der Waals surface area contributed by atoms with E-state index in [2.05, 4.69) is 21.4 Å². The van der Waals surface area contributed by atoms with Crippen LogP contribution in [0.3, 0.4) is 0 Å². The average Bonchev–Trinajstić information content (AvgIpc) is 2.92. The van der Waals surface area contributed by atoms with Crippen LogP contribution in [0.5, 0.6) is 5.75 Å². The van der Waals surface area contributed by atoms with E-state index < -0.39 is 29.4 Å². The summed E-state index contributed by atoms with van der Waals surface area (Å²) in [5.74, 6) is -1.07. The van der Waals surface area contributed by atoms with Gasteiger partial charge in [0.2, 0.25) is 17.7 Å². The van der Waals surface area contributed by atoms with Gasteiger partial charge in [0, 0.05) is 18.0 Å². The molecule has 0 aliphatic carbocycles. The number of hydrazine groups is 1. The summed E-state index contributed by atoms with van der Waals surface area (Å²) in [5.41, 5.74) is 3.45. The second-order valence-corrected chi connectivity index (χ2v) is 11.7. The molecule has 4 amide bonds. The number of nitrogens with zero attached hydrogens (tertiary/aromatic N) is 2. The van der Waals surface area contributed by atoms with Gasteiger partial charge in [0.05, 0.1) is 22.7 Å². The van der Waals surface area contributed by atoms with Crippen molar-refractivity contribution in [2.75, 3.05) is 13.2 Å². The Labute approximate surface area is 234 Å². The van der Waals surface area contributed by atoms with E-state index in [9.17, 15) is 19.2 Å². The number of pyridine rings is 1. The first kappa shape index (κ1) is 29.3. The van der Waals surface area contributed by atoms with E-state index >= 15 is 0 Å². The molecule has 216 valence electrons. The largest absolute Gasteiger partial charge is 0.492 e. The van der Waals surface area contributed by atoms with Gasteiger partial charge >= 0.3 is 0 Å². The highest BCUT2D eigenvalue weighted by Crippen LogP contribution is 2.25. The molecule has 1 fully saturated rings. The highest BCUT2D eigenvalue weighted by molar-refractivity contribution is 5.93. The molecule has 4 unspecified atom stereocenters. The lowest BCUT2D eigenvalue weighted by molar-refractivity contribution is -0.143. The molecule has 4 atom stereocenters. The molecule has 11 nitrogen and oxygen atoms in total. The molecule has 1 aromatic heterocycles. The number of nitrogens with one attached hydrogen (secondary N) is 4. The van der Waals surface area contributed by atoms with Crippen LogP contribution in [-0.2, 0) is 19.2 Å². The van der Waals surface area contributed by atoms with Crippen LogP contribution < -0.4 is 26.1 Å². The highest BCUT2D eigenvalue weighted by Gasteiger charge is 2.36. The highest BCUT2D eigenvalue weighted by atomic mass is 16.5. The van der Waals surface area contributed by atoms with Crippen LogP contribution in [0, 0.1) is 11.3 Å². The van der Waals surface area contributed by atoms with Crippen LogP contribution in [0.25, 0.3) is 10.9 Å². The predicted molar refractivity (Wildman–Crippen MR) is 150 cm³/mol. The van der Waals surface area contributed by atoms with E-state index in [-0.39, 0.29) is 36.3 Å². The number of rotatable bonds is 1. The van der Waals surface area contributed by atoms with Gasteiger partial charge in [-0.25, -0.2) is 5.43 Å². The lowest BCUT2D eigenvalue weighted by Crippen LogP contribution is -2.62. The minimum Gasteiger partial charge on any atom is -0.492 e. The van der Waals surface area contributed by atoms with Gasteiger partial charge in [-0.1, -0.05) is 19.9 Å². The summed E-state index contributed by atoms with van der Waals surface area (Å²) in [6.07, 6.45) is 1.19. The molecule has 11 heteroatoms. The van der Waals surface area contributed by atoms with Crippen molar-refractivity contribution in [2.45, 2.75) is 78.6 Å². The number of hydrogen-bond donors (Lipinski definition) is 4. The zero-order valence-corrected chi connectivity index (χ0v) is 24.0. The third-order valence-electron chi connectivity index (χ3n) is 7.44. The van der Waals surface area contributed by atoms with Crippen LogP contribution in [0.1, 0.15) is 66.1 Å². The predicted octanol–water partition coefficient (Wildman–Crippen LogP) is 1.97. The Hall–Kier alpha value is -3.73. The minimum absolute atomic E-state index is 0.0693. The second-order valence-electron chi connectivity index (χ2n) is 11.7. The van der Waals surface area contributed by atoms with Gasteiger partial charge < -0.3 is 20.7 Å². The summed E-state index contributed by atoms with van der Waals surface area (Å²) in [6, 6.07) is 6.62. The lowest BCUT2D eigenvalue weighted by atomic mass is 9.92. The van der Waals surface area contributed by atoms with Gasteiger partial charge in [-0.05, 0) is 64.7 Å². The van der Waals surface area contributed by atoms with Crippen molar-refractivity contribution < 1.29 is 23.9 Å². The van der Waals surface area contributed by atoms with Crippen LogP contribution in [0.2, 0.25) is 0 Å². The molecular weight excluding hydrogens is 512 g/mol. The Kier molecular flexibility index (Phi) is 8.62. The summed E-state index contributed by atoms with van der Waals surface area (Å²) in [7, 11) is 0. The number of ether oxygens (including phenoxy) is 1. The normalized spacial score (nSPS) is 26.6. The number of aromatic nitrogens is 1. The number of carbonyl (C=O) groups is 4. The third-order valence-corrected chi connectivity index (χ3v) is 7.44.